The lowest BCUT2D eigenvalue weighted by Crippen LogP contribution is -2.21. The Morgan fingerprint density at radius 2 is 2.20 bits per heavy atom. The van der Waals surface area contributed by atoms with Crippen molar-refractivity contribution in [2.45, 2.75) is 12.6 Å². The molecule has 0 unspecified atom stereocenters. The Hall–Kier alpha value is -2.04. The number of hydrogen-bond donors (Lipinski definition) is 2. The number of aliphatic carboxylic acids is 1. The van der Waals surface area contributed by atoms with Crippen molar-refractivity contribution in [1.82, 2.24) is 9.97 Å². The quantitative estimate of drug-likeness (QED) is 0.743. The zero-order valence-electron chi connectivity index (χ0n) is 7.25. The SMILES string of the molecule is N#CCc1ncc[nH]1.O=C(O)C(F)(F)F. The highest BCUT2D eigenvalue weighted by Gasteiger charge is 2.38. The number of carboxylic acid groups (broad SMARTS) is 1. The van der Waals surface area contributed by atoms with Crippen LogP contribution in [0.15, 0.2) is 12.4 Å². The normalized spacial score (nSPS) is 9.73. The minimum atomic E-state index is -5.08. The molecule has 0 aliphatic rings. The fourth-order valence-corrected chi connectivity index (χ4v) is 0.470. The molecule has 0 amide bonds. The molecule has 0 fully saturated rings. The summed E-state index contributed by atoms with van der Waals surface area (Å²) in [6.07, 6.45) is -1.38. The van der Waals surface area contributed by atoms with Crippen LogP contribution in [0.25, 0.3) is 0 Å². The van der Waals surface area contributed by atoms with Gasteiger partial charge in [-0.15, -0.1) is 0 Å². The van der Waals surface area contributed by atoms with E-state index in [1.165, 1.54) is 0 Å². The first-order valence-corrected chi connectivity index (χ1v) is 3.53. The summed E-state index contributed by atoms with van der Waals surface area (Å²) in [7, 11) is 0. The standard InChI is InChI=1S/C5H5N3.C2HF3O2/c6-2-1-5-7-3-4-8-5;3-2(4,5)1(6)7/h3-4H,1H2,(H,7,8);(H,6,7). The summed E-state index contributed by atoms with van der Waals surface area (Å²) in [4.78, 5) is 15.5. The summed E-state index contributed by atoms with van der Waals surface area (Å²) in [5.41, 5.74) is 0. The van der Waals surface area contributed by atoms with Crippen molar-refractivity contribution in [2.24, 2.45) is 0 Å². The van der Waals surface area contributed by atoms with Crippen molar-refractivity contribution in [3.8, 4) is 6.07 Å². The number of imidazole rings is 1. The summed E-state index contributed by atoms with van der Waals surface area (Å²) in [5.74, 6) is -2.03. The van der Waals surface area contributed by atoms with Crippen LogP contribution in [0.5, 0.6) is 0 Å². The Kier molecular flexibility index (Phi) is 4.87. The first kappa shape index (κ1) is 13.0. The minimum Gasteiger partial charge on any atom is -0.475 e. The van der Waals surface area contributed by atoms with Crippen molar-refractivity contribution in [3.05, 3.63) is 18.2 Å². The van der Waals surface area contributed by atoms with Gasteiger partial charge in [0.05, 0.1) is 12.5 Å². The lowest BCUT2D eigenvalue weighted by molar-refractivity contribution is -0.192. The number of H-pyrrole nitrogens is 1. The largest absolute Gasteiger partial charge is 0.490 e. The molecule has 0 spiro atoms. The molecule has 0 atom stereocenters. The highest BCUT2D eigenvalue weighted by molar-refractivity contribution is 5.73. The van der Waals surface area contributed by atoms with E-state index in [0.717, 1.165) is 5.82 Å². The van der Waals surface area contributed by atoms with E-state index in [1.807, 2.05) is 6.07 Å². The molecular weight excluding hydrogens is 215 g/mol. The van der Waals surface area contributed by atoms with Crippen LogP contribution in [0, 0.1) is 11.3 Å². The number of halogens is 3. The predicted octanol–water partition coefficient (Wildman–Crippen LogP) is 1.11. The van der Waals surface area contributed by atoms with E-state index >= 15 is 0 Å². The van der Waals surface area contributed by atoms with Crippen LogP contribution >= 0.6 is 0 Å². The molecule has 1 aromatic rings. The van der Waals surface area contributed by atoms with Gasteiger partial charge < -0.3 is 10.1 Å². The third-order valence-corrected chi connectivity index (χ3v) is 1.04. The highest BCUT2D eigenvalue weighted by atomic mass is 19.4. The summed E-state index contributed by atoms with van der Waals surface area (Å²) < 4.78 is 31.7. The Morgan fingerprint density at radius 1 is 1.67 bits per heavy atom. The van der Waals surface area contributed by atoms with Crippen LogP contribution < -0.4 is 0 Å². The first-order valence-electron chi connectivity index (χ1n) is 3.53. The molecule has 82 valence electrons. The van der Waals surface area contributed by atoms with Gasteiger partial charge in [0, 0.05) is 12.4 Å². The number of carboxylic acids is 1. The summed E-state index contributed by atoms with van der Waals surface area (Å²) in [6.45, 7) is 0. The summed E-state index contributed by atoms with van der Waals surface area (Å²) in [5, 5.41) is 15.3. The fraction of sp³-hybridized carbons (Fsp3) is 0.286. The van der Waals surface area contributed by atoms with Gasteiger partial charge in [0.2, 0.25) is 0 Å². The van der Waals surface area contributed by atoms with Gasteiger partial charge in [-0.05, 0) is 0 Å². The molecule has 15 heavy (non-hydrogen) atoms. The van der Waals surface area contributed by atoms with E-state index in [-0.39, 0.29) is 0 Å². The molecule has 0 saturated carbocycles. The molecule has 1 rings (SSSR count). The van der Waals surface area contributed by atoms with Crippen molar-refractivity contribution in [2.75, 3.05) is 0 Å². The molecule has 0 radical (unpaired) electrons. The zero-order valence-corrected chi connectivity index (χ0v) is 7.25. The van der Waals surface area contributed by atoms with Crippen LogP contribution in [-0.4, -0.2) is 27.2 Å². The van der Waals surface area contributed by atoms with Gasteiger partial charge in [0.25, 0.3) is 0 Å². The Labute approximate surface area is 82.2 Å². The van der Waals surface area contributed by atoms with Gasteiger partial charge in [-0.25, -0.2) is 9.78 Å². The maximum Gasteiger partial charge on any atom is 0.490 e. The molecule has 2 N–H and O–H groups in total. The molecule has 5 nitrogen and oxygen atoms in total. The third-order valence-electron chi connectivity index (χ3n) is 1.04. The number of alkyl halides is 3. The molecule has 1 aromatic heterocycles. The smallest absolute Gasteiger partial charge is 0.475 e. The van der Waals surface area contributed by atoms with Crippen LogP contribution in [0.1, 0.15) is 5.82 Å². The number of carbonyl (C=O) groups is 1. The van der Waals surface area contributed by atoms with Crippen molar-refractivity contribution in [3.63, 3.8) is 0 Å². The molecule has 8 heteroatoms. The second-order valence-corrected chi connectivity index (χ2v) is 2.17. The molecular formula is C7H6F3N3O2. The van der Waals surface area contributed by atoms with E-state index in [2.05, 4.69) is 9.97 Å². The maximum atomic E-state index is 10.6. The number of hydrogen-bond acceptors (Lipinski definition) is 3. The number of nitrogens with one attached hydrogen (secondary N) is 1. The van der Waals surface area contributed by atoms with Gasteiger partial charge in [-0.1, -0.05) is 0 Å². The Morgan fingerprint density at radius 3 is 2.47 bits per heavy atom. The van der Waals surface area contributed by atoms with E-state index in [4.69, 9.17) is 15.2 Å². The Bertz CT molecular complexity index is 339. The van der Waals surface area contributed by atoms with Gasteiger partial charge in [-0.3, -0.25) is 0 Å². The van der Waals surface area contributed by atoms with E-state index < -0.39 is 12.1 Å². The van der Waals surface area contributed by atoms with Gasteiger partial charge in [0.15, 0.2) is 0 Å². The number of nitrogens with zero attached hydrogens (tertiary/aromatic N) is 2. The monoisotopic (exact) mass is 221 g/mol. The van der Waals surface area contributed by atoms with Crippen molar-refractivity contribution in [1.29, 1.82) is 5.26 Å². The summed E-state index contributed by atoms with van der Waals surface area (Å²) in [6, 6.07) is 1.98. The minimum absolute atomic E-state index is 0.368. The van der Waals surface area contributed by atoms with Crippen LogP contribution in [0.4, 0.5) is 13.2 Å². The molecule has 0 aromatic carbocycles. The molecule has 0 aliphatic heterocycles. The van der Waals surface area contributed by atoms with E-state index in [1.54, 1.807) is 12.4 Å². The molecule has 1 heterocycles. The van der Waals surface area contributed by atoms with Crippen LogP contribution in [0.2, 0.25) is 0 Å². The van der Waals surface area contributed by atoms with E-state index in [0.29, 0.717) is 6.42 Å². The van der Waals surface area contributed by atoms with Gasteiger partial charge in [0.1, 0.15) is 5.82 Å². The Balaban J connectivity index is 0.000000265. The second kappa shape index (κ2) is 5.64. The predicted molar refractivity (Wildman–Crippen MR) is 41.6 cm³/mol. The average molecular weight is 221 g/mol. The zero-order chi connectivity index (χ0) is 11.9. The molecule has 0 aliphatic carbocycles. The lowest BCUT2D eigenvalue weighted by Gasteiger charge is -1.93. The van der Waals surface area contributed by atoms with Crippen LogP contribution in [-0.2, 0) is 11.2 Å². The molecule has 0 saturated heterocycles. The third kappa shape index (κ3) is 6.09. The van der Waals surface area contributed by atoms with Crippen molar-refractivity contribution < 1.29 is 23.1 Å². The highest BCUT2D eigenvalue weighted by Crippen LogP contribution is 2.13. The molecule has 0 bridgehead atoms. The first-order chi connectivity index (χ1) is 6.88. The lowest BCUT2D eigenvalue weighted by atomic mass is 10.5. The number of aromatic nitrogens is 2. The number of aromatic amines is 1. The second-order valence-electron chi connectivity index (χ2n) is 2.17. The number of rotatable bonds is 1. The average Bonchev–Trinajstić information content (AvgIpc) is 2.57. The number of nitriles is 1. The van der Waals surface area contributed by atoms with Gasteiger partial charge in [-0.2, -0.15) is 18.4 Å². The maximum absolute atomic E-state index is 10.6. The fourth-order valence-electron chi connectivity index (χ4n) is 0.470. The topological polar surface area (TPSA) is 89.8 Å². The van der Waals surface area contributed by atoms with Crippen LogP contribution in [0.3, 0.4) is 0 Å². The summed E-state index contributed by atoms with van der Waals surface area (Å²) >= 11 is 0. The van der Waals surface area contributed by atoms with Crippen molar-refractivity contribution >= 4 is 5.97 Å². The van der Waals surface area contributed by atoms with E-state index in [9.17, 15) is 13.2 Å². The van der Waals surface area contributed by atoms with Gasteiger partial charge >= 0.3 is 12.1 Å².